The molecule has 0 aliphatic carbocycles. The van der Waals surface area contributed by atoms with Crippen LogP contribution < -0.4 is 5.32 Å². The van der Waals surface area contributed by atoms with Gasteiger partial charge in [-0.25, -0.2) is 4.98 Å². The molecule has 5 rings (SSSR count). The van der Waals surface area contributed by atoms with Gasteiger partial charge in [0.2, 0.25) is 0 Å². The van der Waals surface area contributed by atoms with Crippen LogP contribution >= 0.6 is 0 Å². The predicted octanol–water partition coefficient (Wildman–Crippen LogP) is 6.32. The van der Waals surface area contributed by atoms with Gasteiger partial charge in [0.1, 0.15) is 17.6 Å². The predicted molar refractivity (Wildman–Crippen MR) is 126 cm³/mol. The lowest BCUT2D eigenvalue weighted by Crippen LogP contribution is -2.29. The minimum Gasteiger partial charge on any atom is -0.464 e. The van der Waals surface area contributed by atoms with Crippen molar-refractivity contribution in [1.82, 2.24) is 10.3 Å². The fraction of sp³-hybridized carbons (Fsp3) is 0.0714. The molecule has 4 nitrogen and oxygen atoms in total. The van der Waals surface area contributed by atoms with E-state index in [2.05, 4.69) is 5.32 Å². The first-order valence-electron chi connectivity index (χ1n) is 10.6. The van der Waals surface area contributed by atoms with Gasteiger partial charge in [-0.15, -0.1) is 0 Å². The Bertz CT molecular complexity index is 1370. The number of nitrogens with zero attached hydrogens (tertiary/aromatic N) is 1. The van der Waals surface area contributed by atoms with Gasteiger partial charge in [-0.1, -0.05) is 78.9 Å². The SMILES string of the molecule is Cc1ccc(C(NC(=O)c2cc(-c3ccccc3)nc3ccccc23)c2ccccc2)o1. The Hall–Kier alpha value is -4.18. The molecule has 0 fully saturated rings. The number of fused-ring (bicyclic) bond motifs is 1. The number of carbonyl (C=O) groups is 1. The highest BCUT2D eigenvalue weighted by atomic mass is 16.3. The summed E-state index contributed by atoms with van der Waals surface area (Å²) in [5.74, 6) is 1.32. The first kappa shape index (κ1) is 19.8. The Morgan fingerprint density at radius 3 is 2.25 bits per heavy atom. The van der Waals surface area contributed by atoms with Gasteiger partial charge >= 0.3 is 0 Å². The van der Waals surface area contributed by atoms with Crippen molar-refractivity contribution in [3.63, 3.8) is 0 Å². The number of nitrogens with one attached hydrogen (secondary N) is 1. The fourth-order valence-corrected chi connectivity index (χ4v) is 3.90. The Balaban J connectivity index is 1.59. The Morgan fingerprint density at radius 1 is 0.844 bits per heavy atom. The van der Waals surface area contributed by atoms with Crippen molar-refractivity contribution in [1.29, 1.82) is 0 Å². The molecule has 1 N–H and O–H groups in total. The standard InChI is InChI=1S/C28H22N2O2/c1-19-16-17-26(32-19)27(21-12-6-3-7-13-21)30-28(31)23-18-25(20-10-4-2-5-11-20)29-24-15-9-8-14-22(23)24/h2-18,27H,1H3,(H,30,31). The molecule has 0 saturated heterocycles. The number of aromatic nitrogens is 1. The molecular formula is C28H22N2O2. The molecule has 0 saturated carbocycles. The molecule has 4 heteroatoms. The Kier molecular flexibility index (Phi) is 5.26. The molecule has 2 aromatic heterocycles. The van der Waals surface area contributed by atoms with Crippen LogP contribution in [0.25, 0.3) is 22.2 Å². The van der Waals surface area contributed by atoms with Gasteiger partial charge in [-0.2, -0.15) is 0 Å². The quantitative estimate of drug-likeness (QED) is 0.363. The van der Waals surface area contributed by atoms with Gasteiger partial charge in [-0.3, -0.25) is 4.79 Å². The second kappa shape index (κ2) is 8.52. The van der Waals surface area contributed by atoms with E-state index in [1.165, 1.54) is 0 Å². The highest BCUT2D eigenvalue weighted by Gasteiger charge is 2.22. The van der Waals surface area contributed by atoms with E-state index in [1.807, 2.05) is 110 Å². The molecule has 2 heterocycles. The van der Waals surface area contributed by atoms with Crippen molar-refractivity contribution < 1.29 is 9.21 Å². The van der Waals surface area contributed by atoms with E-state index in [0.29, 0.717) is 11.3 Å². The van der Waals surface area contributed by atoms with Crippen LogP contribution in [-0.4, -0.2) is 10.9 Å². The number of aryl methyl sites for hydroxylation is 1. The number of carbonyl (C=O) groups excluding carboxylic acids is 1. The molecule has 1 atom stereocenters. The first-order chi connectivity index (χ1) is 15.7. The molecule has 0 radical (unpaired) electrons. The summed E-state index contributed by atoms with van der Waals surface area (Å²) in [5.41, 5.74) is 4.05. The lowest BCUT2D eigenvalue weighted by molar-refractivity contribution is 0.0940. The monoisotopic (exact) mass is 418 g/mol. The van der Waals surface area contributed by atoms with E-state index in [1.54, 1.807) is 0 Å². The first-order valence-corrected chi connectivity index (χ1v) is 10.6. The number of pyridine rings is 1. The van der Waals surface area contributed by atoms with Crippen molar-refractivity contribution in [2.75, 3.05) is 0 Å². The van der Waals surface area contributed by atoms with Gasteiger partial charge in [0.25, 0.3) is 5.91 Å². The minimum atomic E-state index is -0.399. The topological polar surface area (TPSA) is 55.1 Å². The number of amides is 1. The van der Waals surface area contributed by atoms with Gasteiger partial charge < -0.3 is 9.73 Å². The van der Waals surface area contributed by atoms with E-state index >= 15 is 0 Å². The van der Waals surface area contributed by atoms with Crippen molar-refractivity contribution >= 4 is 16.8 Å². The molecule has 156 valence electrons. The van der Waals surface area contributed by atoms with Gasteiger partial charge in [0.05, 0.1) is 16.8 Å². The van der Waals surface area contributed by atoms with Gasteiger partial charge in [-0.05, 0) is 36.8 Å². The lowest BCUT2D eigenvalue weighted by atomic mass is 10.0. The molecular weight excluding hydrogens is 396 g/mol. The number of para-hydroxylation sites is 1. The van der Waals surface area contributed by atoms with Crippen LogP contribution in [0.15, 0.2) is 108 Å². The fourth-order valence-electron chi connectivity index (χ4n) is 3.90. The average molecular weight is 418 g/mol. The summed E-state index contributed by atoms with van der Waals surface area (Å²) in [4.78, 5) is 18.4. The van der Waals surface area contributed by atoms with Crippen LogP contribution in [0, 0.1) is 6.92 Å². The number of hydrogen-bond acceptors (Lipinski definition) is 3. The van der Waals surface area contributed by atoms with Crippen LogP contribution in [-0.2, 0) is 0 Å². The van der Waals surface area contributed by atoms with Gasteiger partial charge in [0, 0.05) is 10.9 Å². The van der Waals surface area contributed by atoms with Gasteiger partial charge in [0.15, 0.2) is 0 Å². The molecule has 3 aromatic carbocycles. The summed E-state index contributed by atoms with van der Waals surface area (Å²) in [5, 5.41) is 4.00. The average Bonchev–Trinajstić information content (AvgIpc) is 3.28. The van der Waals surface area contributed by atoms with Crippen LogP contribution in [0.1, 0.15) is 33.5 Å². The van der Waals surface area contributed by atoms with Crippen molar-refractivity contribution in [2.45, 2.75) is 13.0 Å². The third-order valence-electron chi connectivity index (χ3n) is 5.48. The third kappa shape index (κ3) is 3.91. The largest absolute Gasteiger partial charge is 0.464 e. The van der Waals surface area contributed by atoms with E-state index in [0.717, 1.165) is 33.5 Å². The zero-order valence-electron chi connectivity index (χ0n) is 17.7. The molecule has 0 spiro atoms. The molecule has 0 aliphatic rings. The summed E-state index contributed by atoms with van der Waals surface area (Å²) in [6.45, 7) is 1.90. The van der Waals surface area contributed by atoms with E-state index in [4.69, 9.17) is 9.40 Å². The maximum atomic E-state index is 13.6. The Morgan fingerprint density at radius 2 is 1.53 bits per heavy atom. The van der Waals surface area contributed by atoms with Crippen LogP contribution in [0.2, 0.25) is 0 Å². The normalized spacial score (nSPS) is 11.9. The molecule has 5 aromatic rings. The maximum Gasteiger partial charge on any atom is 0.252 e. The van der Waals surface area contributed by atoms with E-state index in [9.17, 15) is 4.79 Å². The molecule has 1 amide bonds. The van der Waals surface area contributed by atoms with Crippen molar-refractivity contribution in [3.8, 4) is 11.3 Å². The second-order valence-corrected chi connectivity index (χ2v) is 7.70. The lowest BCUT2D eigenvalue weighted by Gasteiger charge is -2.18. The number of furan rings is 1. The van der Waals surface area contributed by atoms with Crippen LogP contribution in [0.4, 0.5) is 0 Å². The smallest absolute Gasteiger partial charge is 0.252 e. The van der Waals surface area contributed by atoms with Crippen molar-refractivity contribution in [2.24, 2.45) is 0 Å². The van der Waals surface area contributed by atoms with E-state index in [-0.39, 0.29) is 5.91 Å². The van der Waals surface area contributed by atoms with E-state index < -0.39 is 6.04 Å². The van der Waals surface area contributed by atoms with Crippen molar-refractivity contribution in [3.05, 3.63) is 126 Å². The zero-order valence-corrected chi connectivity index (χ0v) is 17.7. The number of hydrogen-bond donors (Lipinski definition) is 1. The second-order valence-electron chi connectivity index (χ2n) is 7.70. The van der Waals surface area contributed by atoms with Crippen LogP contribution in [0.3, 0.4) is 0 Å². The summed E-state index contributed by atoms with van der Waals surface area (Å²) < 4.78 is 5.89. The molecule has 32 heavy (non-hydrogen) atoms. The van der Waals surface area contributed by atoms with Crippen LogP contribution in [0.5, 0.6) is 0 Å². The zero-order chi connectivity index (χ0) is 21.9. The summed E-state index contributed by atoms with van der Waals surface area (Å²) in [6.07, 6.45) is 0. The number of rotatable bonds is 5. The summed E-state index contributed by atoms with van der Waals surface area (Å²) in [6, 6.07) is 32.8. The minimum absolute atomic E-state index is 0.177. The molecule has 0 aliphatic heterocycles. The number of benzene rings is 3. The maximum absolute atomic E-state index is 13.6. The molecule has 0 bridgehead atoms. The molecule has 1 unspecified atom stereocenters. The Labute approximate surface area is 186 Å². The highest BCUT2D eigenvalue weighted by Crippen LogP contribution is 2.28. The summed E-state index contributed by atoms with van der Waals surface area (Å²) in [7, 11) is 0. The summed E-state index contributed by atoms with van der Waals surface area (Å²) >= 11 is 0. The highest BCUT2D eigenvalue weighted by molar-refractivity contribution is 6.07. The third-order valence-corrected chi connectivity index (χ3v) is 5.48.